The number of methoxy groups -OCH3 is 1. The molecule has 0 aliphatic rings. The van der Waals surface area contributed by atoms with Crippen LogP contribution in [-0.4, -0.2) is 18.2 Å². The molecule has 0 aliphatic heterocycles. The van der Waals surface area contributed by atoms with Gasteiger partial charge < -0.3 is 14.3 Å². The van der Waals surface area contributed by atoms with Crippen molar-refractivity contribution in [2.24, 2.45) is 0 Å². The fraction of sp³-hybridized carbons (Fsp3) is 0.0667. The lowest BCUT2D eigenvalue weighted by Gasteiger charge is -1.99. The molecule has 2 aromatic rings. The number of carbonyl (C=O) groups is 1. The second-order valence-corrected chi connectivity index (χ2v) is 3.97. The van der Waals surface area contributed by atoms with Crippen molar-refractivity contribution in [3.63, 3.8) is 0 Å². The van der Waals surface area contributed by atoms with Crippen LogP contribution in [0.2, 0.25) is 0 Å². The molecular weight excluding hydrogens is 260 g/mol. The highest BCUT2D eigenvalue weighted by atomic mass is 16.5. The smallest absolute Gasteiger partial charge is 0.371 e. The maximum atomic E-state index is 11.3. The van der Waals surface area contributed by atoms with Crippen LogP contribution in [0.1, 0.15) is 21.9 Å². The molecule has 0 saturated heterocycles. The van der Waals surface area contributed by atoms with E-state index in [0.29, 0.717) is 0 Å². The molecule has 5 nitrogen and oxygen atoms in total. The first-order chi connectivity index (χ1) is 9.58. The highest BCUT2D eigenvalue weighted by Gasteiger charge is 2.07. The van der Waals surface area contributed by atoms with Gasteiger partial charge in [0.1, 0.15) is 11.5 Å². The van der Waals surface area contributed by atoms with Gasteiger partial charge in [0.05, 0.1) is 7.11 Å². The lowest BCUT2D eigenvalue weighted by atomic mass is 10.2. The first-order valence-electron chi connectivity index (χ1n) is 5.79. The summed E-state index contributed by atoms with van der Waals surface area (Å²) in [5.41, 5.74) is 0.456. The predicted molar refractivity (Wildman–Crippen MR) is 73.9 cm³/mol. The molecule has 0 radical (unpaired) electrons. The molecule has 102 valence electrons. The third kappa shape index (κ3) is 3.35. The molecule has 5 heteroatoms. The first-order valence-corrected chi connectivity index (χ1v) is 5.79. The maximum absolute atomic E-state index is 11.3. The summed E-state index contributed by atoms with van der Waals surface area (Å²) in [5.74, 6) is -0.735. The average Bonchev–Trinajstić information content (AvgIpc) is 2.45. The summed E-state index contributed by atoms with van der Waals surface area (Å²) < 4.78 is 10.1. The van der Waals surface area contributed by atoms with E-state index in [1.165, 1.54) is 12.1 Å². The monoisotopic (exact) mass is 272 g/mol. The summed E-state index contributed by atoms with van der Waals surface area (Å²) in [7, 11) is 1.58. The number of hydrogen-bond acceptors (Lipinski definition) is 4. The molecule has 2 rings (SSSR count). The molecular formula is C15H12O5. The number of carboxylic acid groups (broad SMARTS) is 1. The quantitative estimate of drug-likeness (QED) is 0.925. The zero-order valence-electron chi connectivity index (χ0n) is 10.7. The summed E-state index contributed by atoms with van der Waals surface area (Å²) >= 11 is 0. The fourth-order valence-electron chi connectivity index (χ4n) is 1.58. The Balaban J connectivity index is 2.26. The molecule has 0 spiro atoms. The zero-order valence-corrected chi connectivity index (χ0v) is 10.7. The van der Waals surface area contributed by atoms with E-state index < -0.39 is 11.4 Å². The highest BCUT2D eigenvalue weighted by molar-refractivity contribution is 5.84. The van der Waals surface area contributed by atoms with Gasteiger partial charge in [-0.1, -0.05) is 18.2 Å². The minimum Gasteiger partial charge on any atom is -0.497 e. The third-order valence-electron chi connectivity index (χ3n) is 2.55. The van der Waals surface area contributed by atoms with Crippen molar-refractivity contribution in [2.75, 3.05) is 7.11 Å². The van der Waals surface area contributed by atoms with Gasteiger partial charge in [-0.3, -0.25) is 4.79 Å². The Morgan fingerprint density at radius 2 is 1.90 bits per heavy atom. The molecule has 0 aliphatic carbocycles. The van der Waals surface area contributed by atoms with Crippen LogP contribution < -0.4 is 10.2 Å². The molecule has 0 saturated carbocycles. The van der Waals surface area contributed by atoms with Crippen LogP contribution in [-0.2, 0) is 0 Å². The van der Waals surface area contributed by atoms with Crippen LogP contribution in [0.15, 0.2) is 45.6 Å². The van der Waals surface area contributed by atoms with Gasteiger partial charge in [0.2, 0.25) is 5.76 Å². The Morgan fingerprint density at radius 3 is 2.50 bits per heavy atom. The molecule has 0 amide bonds. The van der Waals surface area contributed by atoms with Crippen LogP contribution in [0.25, 0.3) is 12.2 Å². The molecule has 0 bridgehead atoms. The van der Waals surface area contributed by atoms with Gasteiger partial charge in [-0.2, -0.15) is 0 Å². The second kappa shape index (κ2) is 5.88. The first kappa shape index (κ1) is 13.6. The summed E-state index contributed by atoms with van der Waals surface area (Å²) in [6.45, 7) is 0. The van der Waals surface area contributed by atoms with E-state index in [1.807, 2.05) is 12.1 Å². The topological polar surface area (TPSA) is 76.7 Å². The largest absolute Gasteiger partial charge is 0.497 e. The maximum Gasteiger partial charge on any atom is 0.371 e. The van der Waals surface area contributed by atoms with E-state index in [9.17, 15) is 9.59 Å². The standard InChI is InChI=1S/C15H12O5/c1-19-12-5-2-10(3-6-12)4-7-13-8-11(16)9-14(20-13)15(17)18/h2-9H,1H3,(H,17,18)/b7-4+. The lowest BCUT2D eigenvalue weighted by Crippen LogP contribution is -2.05. The van der Waals surface area contributed by atoms with Crippen molar-refractivity contribution in [3.05, 3.63) is 63.7 Å². The number of rotatable bonds is 4. The van der Waals surface area contributed by atoms with Gasteiger partial charge in [0, 0.05) is 12.1 Å². The van der Waals surface area contributed by atoms with Gasteiger partial charge in [0.25, 0.3) is 0 Å². The molecule has 0 atom stereocenters. The van der Waals surface area contributed by atoms with Gasteiger partial charge in [-0.15, -0.1) is 0 Å². The minimum atomic E-state index is -1.28. The number of hydrogen-bond donors (Lipinski definition) is 1. The molecule has 20 heavy (non-hydrogen) atoms. The molecule has 1 heterocycles. The average molecular weight is 272 g/mol. The van der Waals surface area contributed by atoms with Crippen molar-refractivity contribution in [2.45, 2.75) is 0 Å². The van der Waals surface area contributed by atoms with Gasteiger partial charge in [-0.25, -0.2) is 4.79 Å². The Kier molecular flexibility index (Phi) is 4.00. The van der Waals surface area contributed by atoms with Crippen molar-refractivity contribution >= 4 is 18.1 Å². The molecule has 0 fully saturated rings. The molecule has 1 N–H and O–H groups in total. The molecule has 1 aromatic carbocycles. The number of carboxylic acids is 1. The lowest BCUT2D eigenvalue weighted by molar-refractivity contribution is 0.0659. The Labute approximate surface area is 114 Å². The summed E-state index contributed by atoms with van der Waals surface area (Å²) in [5, 5.41) is 8.81. The van der Waals surface area contributed by atoms with E-state index in [0.717, 1.165) is 17.4 Å². The summed E-state index contributed by atoms with van der Waals surface area (Å²) in [6, 6.07) is 9.41. The van der Waals surface area contributed by atoms with Gasteiger partial charge in [0.15, 0.2) is 5.43 Å². The van der Waals surface area contributed by atoms with Crippen LogP contribution in [0.5, 0.6) is 5.75 Å². The summed E-state index contributed by atoms with van der Waals surface area (Å²) in [6.07, 6.45) is 3.25. The third-order valence-corrected chi connectivity index (χ3v) is 2.55. The highest BCUT2D eigenvalue weighted by Crippen LogP contribution is 2.14. The van der Waals surface area contributed by atoms with E-state index in [-0.39, 0.29) is 11.5 Å². The SMILES string of the molecule is COc1ccc(/C=C/c2cc(=O)cc(C(=O)O)o2)cc1. The van der Waals surface area contributed by atoms with Crippen LogP contribution in [0.4, 0.5) is 0 Å². The summed E-state index contributed by atoms with van der Waals surface area (Å²) in [4.78, 5) is 22.1. The van der Waals surface area contributed by atoms with E-state index in [1.54, 1.807) is 25.3 Å². The van der Waals surface area contributed by atoms with E-state index >= 15 is 0 Å². The van der Waals surface area contributed by atoms with Crippen molar-refractivity contribution in [1.29, 1.82) is 0 Å². The van der Waals surface area contributed by atoms with E-state index in [2.05, 4.69) is 0 Å². The van der Waals surface area contributed by atoms with Crippen LogP contribution in [0, 0.1) is 0 Å². The second-order valence-electron chi connectivity index (χ2n) is 3.97. The van der Waals surface area contributed by atoms with Crippen molar-refractivity contribution in [1.82, 2.24) is 0 Å². The normalized spacial score (nSPS) is 10.7. The van der Waals surface area contributed by atoms with Gasteiger partial charge in [-0.05, 0) is 23.8 Å². The van der Waals surface area contributed by atoms with E-state index in [4.69, 9.17) is 14.3 Å². The van der Waals surface area contributed by atoms with Crippen LogP contribution in [0.3, 0.4) is 0 Å². The number of ether oxygens (including phenoxy) is 1. The Hall–Kier alpha value is -2.82. The minimum absolute atomic E-state index is 0.186. The van der Waals surface area contributed by atoms with Crippen molar-refractivity contribution < 1.29 is 19.1 Å². The zero-order chi connectivity index (χ0) is 14.5. The Bertz CT molecular complexity index is 695. The van der Waals surface area contributed by atoms with Crippen LogP contribution >= 0.6 is 0 Å². The number of aromatic carboxylic acids is 1. The predicted octanol–water partition coefficient (Wildman–Crippen LogP) is 2.52. The fourth-order valence-corrected chi connectivity index (χ4v) is 1.58. The van der Waals surface area contributed by atoms with Gasteiger partial charge >= 0.3 is 5.97 Å². The number of benzene rings is 1. The molecule has 0 unspecified atom stereocenters. The Morgan fingerprint density at radius 1 is 1.20 bits per heavy atom. The van der Waals surface area contributed by atoms with Crippen molar-refractivity contribution in [3.8, 4) is 5.75 Å². The molecule has 1 aromatic heterocycles.